The van der Waals surface area contributed by atoms with E-state index in [9.17, 15) is 30.0 Å². The SMILES string of the molecule is CCS(=O)(=O)c1nn2c(-c3cc(Cl)cc(Cl)c3)ccnc2c1-c1nc2cc(S(=O)(=O)C(F)(F)F)ccc2o1. The zero-order chi connectivity index (χ0) is 27.6. The molecule has 0 radical (unpaired) electrons. The van der Waals surface area contributed by atoms with Crippen LogP contribution in [0.5, 0.6) is 0 Å². The van der Waals surface area contributed by atoms with E-state index in [2.05, 4.69) is 15.1 Å². The highest BCUT2D eigenvalue weighted by atomic mass is 35.5. The molecule has 0 aliphatic rings. The van der Waals surface area contributed by atoms with Crippen LogP contribution in [0.1, 0.15) is 6.92 Å². The van der Waals surface area contributed by atoms with Gasteiger partial charge in [-0.25, -0.2) is 31.3 Å². The van der Waals surface area contributed by atoms with Crippen molar-refractivity contribution in [3.63, 3.8) is 0 Å². The molecule has 198 valence electrons. The van der Waals surface area contributed by atoms with Crippen molar-refractivity contribution in [3.05, 3.63) is 58.7 Å². The van der Waals surface area contributed by atoms with Gasteiger partial charge < -0.3 is 4.42 Å². The van der Waals surface area contributed by atoms with Gasteiger partial charge in [0.25, 0.3) is 9.84 Å². The second-order valence-electron chi connectivity index (χ2n) is 7.90. The zero-order valence-corrected chi connectivity index (χ0v) is 22.0. The number of halogens is 5. The topological polar surface area (TPSA) is 124 Å². The molecule has 9 nitrogen and oxygen atoms in total. The number of rotatable bonds is 5. The van der Waals surface area contributed by atoms with Crippen LogP contribution in [0.3, 0.4) is 0 Å². The third-order valence-electron chi connectivity index (χ3n) is 5.51. The number of sulfone groups is 2. The summed E-state index contributed by atoms with van der Waals surface area (Å²) in [7, 11) is -9.66. The number of hydrogen-bond acceptors (Lipinski definition) is 8. The van der Waals surface area contributed by atoms with Crippen molar-refractivity contribution < 1.29 is 34.4 Å². The molecule has 3 aromatic heterocycles. The minimum absolute atomic E-state index is 0.000292. The number of hydrogen-bond donors (Lipinski definition) is 0. The Balaban J connectivity index is 1.79. The van der Waals surface area contributed by atoms with Crippen molar-refractivity contribution in [2.45, 2.75) is 22.4 Å². The van der Waals surface area contributed by atoms with Crippen LogP contribution < -0.4 is 0 Å². The van der Waals surface area contributed by atoms with Crippen molar-refractivity contribution in [2.75, 3.05) is 5.75 Å². The first-order valence-corrected chi connectivity index (χ1v) is 14.4. The third-order valence-corrected chi connectivity index (χ3v) is 9.06. The molecule has 0 saturated carbocycles. The Bertz CT molecular complexity index is 1950. The average Bonchev–Trinajstić information content (AvgIpc) is 3.43. The van der Waals surface area contributed by atoms with Crippen molar-refractivity contribution in [2.24, 2.45) is 0 Å². The number of nitrogens with zero attached hydrogens (tertiary/aromatic N) is 4. The number of oxazole rings is 1. The van der Waals surface area contributed by atoms with E-state index in [1.54, 1.807) is 18.2 Å². The van der Waals surface area contributed by atoms with Gasteiger partial charge in [0, 0.05) is 21.8 Å². The highest BCUT2D eigenvalue weighted by molar-refractivity contribution is 7.92. The summed E-state index contributed by atoms with van der Waals surface area (Å²) in [6.45, 7) is 1.40. The first-order valence-electron chi connectivity index (χ1n) is 10.5. The lowest BCUT2D eigenvalue weighted by Crippen LogP contribution is -2.23. The standard InChI is InChI=1S/C22H13Cl2F3N4O5S2/c1-2-37(32,33)21-18(19-28-6-5-16(31(19)30-21)11-7-12(23)9-13(24)8-11)20-29-15-10-14(3-4-17(15)36-20)38(34,35)22(25,26)27/h3-10H,2H2,1H3. The molecule has 0 amide bonds. The van der Waals surface area contributed by atoms with Crippen LogP contribution in [-0.2, 0) is 19.7 Å². The van der Waals surface area contributed by atoms with E-state index in [0.717, 1.165) is 12.1 Å². The van der Waals surface area contributed by atoms with E-state index < -0.39 is 35.1 Å². The van der Waals surface area contributed by atoms with E-state index in [-0.39, 0.29) is 34.0 Å². The Hall–Kier alpha value is -3.20. The third kappa shape index (κ3) is 4.30. The number of aromatic nitrogens is 4. The molecule has 0 bridgehead atoms. The quantitative estimate of drug-likeness (QED) is 0.254. The number of alkyl halides is 3. The molecule has 0 atom stereocenters. The molecule has 0 aliphatic heterocycles. The van der Waals surface area contributed by atoms with Crippen LogP contribution in [0.4, 0.5) is 13.2 Å². The molecular formula is C22H13Cl2F3N4O5S2. The molecule has 3 heterocycles. The molecular weight excluding hydrogens is 592 g/mol. The Morgan fingerprint density at radius 2 is 1.68 bits per heavy atom. The molecule has 0 aliphatic carbocycles. The van der Waals surface area contributed by atoms with E-state index in [0.29, 0.717) is 27.4 Å². The first kappa shape index (κ1) is 26.4. The van der Waals surface area contributed by atoms with E-state index in [1.807, 2.05) is 0 Å². The van der Waals surface area contributed by atoms with Gasteiger partial charge in [-0.2, -0.15) is 18.3 Å². The van der Waals surface area contributed by atoms with Gasteiger partial charge in [0.15, 0.2) is 26.1 Å². The van der Waals surface area contributed by atoms with E-state index in [1.165, 1.54) is 23.7 Å². The molecule has 16 heteroatoms. The second kappa shape index (κ2) is 8.93. The summed E-state index contributed by atoms with van der Waals surface area (Å²) in [5, 5.41) is 4.45. The van der Waals surface area contributed by atoms with Crippen molar-refractivity contribution in [3.8, 4) is 22.7 Å². The summed E-state index contributed by atoms with van der Waals surface area (Å²) in [5.74, 6) is -0.687. The molecule has 2 aromatic carbocycles. The smallest absolute Gasteiger partial charge is 0.436 e. The maximum absolute atomic E-state index is 13.0. The molecule has 0 fully saturated rings. The lowest BCUT2D eigenvalue weighted by molar-refractivity contribution is -0.0435. The van der Waals surface area contributed by atoms with Gasteiger partial charge in [-0.1, -0.05) is 30.1 Å². The van der Waals surface area contributed by atoms with E-state index in [4.69, 9.17) is 27.6 Å². The fourth-order valence-corrected chi connectivity index (χ4v) is 5.98. The van der Waals surface area contributed by atoms with Crippen LogP contribution in [0.25, 0.3) is 39.5 Å². The Morgan fingerprint density at radius 3 is 2.32 bits per heavy atom. The maximum Gasteiger partial charge on any atom is 0.501 e. The lowest BCUT2D eigenvalue weighted by atomic mass is 10.1. The average molecular weight is 605 g/mol. The van der Waals surface area contributed by atoms with Crippen LogP contribution in [0.2, 0.25) is 10.0 Å². The van der Waals surface area contributed by atoms with Gasteiger partial charge in [-0.15, -0.1) is 0 Å². The Kier molecular flexibility index (Phi) is 6.21. The van der Waals surface area contributed by atoms with Crippen molar-refractivity contribution >= 4 is 59.6 Å². The van der Waals surface area contributed by atoms with Gasteiger partial charge in [0.2, 0.25) is 5.89 Å². The molecule has 0 saturated heterocycles. The Labute approximate surface area is 222 Å². The Morgan fingerprint density at radius 1 is 1.00 bits per heavy atom. The molecule has 5 rings (SSSR count). The summed E-state index contributed by atoms with van der Waals surface area (Å²) in [6.07, 6.45) is 1.38. The first-order chi connectivity index (χ1) is 17.7. The monoisotopic (exact) mass is 604 g/mol. The van der Waals surface area contributed by atoms with Crippen LogP contribution in [-0.4, -0.2) is 47.7 Å². The van der Waals surface area contributed by atoms with Gasteiger partial charge >= 0.3 is 5.51 Å². The lowest BCUT2D eigenvalue weighted by Gasteiger charge is -2.07. The number of benzene rings is 2. The fourth-order valence-electron chi connectivity index (χ4n) is 3.70. The molecule has 0 N–H and O–H groups in total. The highest BCUT2D eigenvalue weighted by Gasteiger charge is 2.47. The maximum atomic E-state index is 13.0. The van der Waals surface area contributed by atoms with Gasteiger partial charge in [-0.3, -0.25) is 0 Å². The van der Waals surface area contributed by atoms with Crippen LogP contribution >= 0.6 is 23.2 Å². The summed E-state index contributed by atoms with van der Waals surface area (Å²) in [5.41, 5.74) is -5.16. The summed E-state index contributed by atoms with van der Waals surface area (Å²) in [6, 6.07) is 8.64. The van der Waals surface area contributed by atoms with Gasteiger partial charge in [0.1, 0.15) is 11.1 Å². The molecule has 0 spiro atoms. The zero-order valence-electron chi connectivity index (χ0n) is 18.9. The highest BCUT2D eigenvalue weighted by Crippen LogP contribution is 2.37. The summed E-state index contributed by atoms with van der Waals surface area (Å²) in [4.78, 5) is 7.30. The minimum atomic E-state index is -5.65. The second-order valence-corrected chi connectivity index (χ2v) is 12.9. The molecule has 38 heavy (non-hydrogen) atoms. The van der Waals surface area contributed by atoms with Crippen LogP contribution in [0.15, 0.2) is 63.0 Å². The predicted octanol–water partition coefficient (Wildman–Crippen LogP) is 5.60. The fraction of sp³-hybridized carbons (Fsp3) is 0.136. The minimum Gasteiger partial charge on any atom is -0.436 e. The summed E-state index contributed by atoms with van der Waals surface area (Å²) >= 11 is 12.3. The normalized spacial score (nSPS) is 13.0. The number of fused-ring (bicyclic) bond motifs is 2. The van der Waals surface area contributed by atoms with Crippen LogP contribution in [0, 0.1) is 0 Å². The summed E-state index contributed by atoms with van der Waals surface area (Å²) < 4.78 is 95.7. The molecule has 5 aromatic rings. The largest absolute Gasteiger partial charge is 0.501 e. The van der Waals surface area contributed by atoms with Gasteiger partial charge in [-0.05, 0) is 42.5 Å². The van der Waals surface area contributed by atoms with Crippen molar-refractivity contribution in [1.29, 1.82) is 0 Å². The predicted molar refractivity (Wildman–Crippen MR) is 132 cm³/mol. The van der Waals surface area contributed by atoms with Gasteiger partial charge in [0.05, 0.1) is 16.3 Å². The molecule has 0 unspecified atom stereocenters. The van der Waals surface area contributed by atoms with E-state index >= 15 is 0 Å². The van der Waals surface area contributed by atoms with Crippen molar-refractivity contribution in [1.82, 2.24) is 19.6 Å².